The molecule has 4 aliphatic rings. The zero-order valence-electron chi connectivity index (χ0n) is 20.6. The number of anilines is 2. The zero-order chi connectivity index (χ0) is 25.0. The van der Waals surface area contributed by atoms with Crippen LogP contribution in [-0.2, 0) is 9.53 Å². The van der Waals surface area contributed by atoms with E-state index in [0.29, 0.717) is 29.7 Å². The van der Waals surface area contributed by atoms with Crippen molar-refractivity contribution in [2.75, 3.05) is 16.3 Å². The summed E-state index contributed by atoms with van der Waals surface area (Å²) < 4.78 is 7.90. The Labute approximate surface area is 210 Å². The highest BCUT2D eigenvalue weighted by Gasteiger charge is 2.36. The van der Waals surface area contributed by atoms with E-state index in [1.165, 1.54) is 0 Å². The van der Waals surface area contributed by atoms with E-state index < -0.39 is 6.09 Å². The van der Waals surface area contributed by atoms with E-state index in [2.05, 4.69) is 17.3 Å². The van der Waals surface area contributed by atoms with Crippen LogP contribution in [0.25, 0.3) is 11.1 Å². The van der Waals surface area contributed by atoms with Crippen LogP contribution in [0.5, 0.6) is 0 Å². The quantitative estimate of drug-likeness (QED) is 0.661. The minimum Gasteiger partial charge on any atom is -0.410 e. The second-order valence-electron chi connectivity index (χ2n) is 10.1. The smallest absolute Gasteiger partial charge is 0.410 e. The van der Waals surface area contributed by atoms with Crippen molar-refractivity contribution in [2.24, 2.45) is 5.41 Å². The summed E-state index contributed by atoms with van der Waals surface area (Å²) in [5.74, 6) is 0.435. The Bertz CT molecular complexity index is 1380. The molecule has 0 radical (unpaired) electrons. The fourth-order valence-corrected chi connectivity index (χ4v) is 5.19. The molecule has 36 heavy (non-hydrogen) atoms. The molecule has 3 heterocycles. The number of ether oxygens (including phenoxy) is 1. The molecule has 2 atom stereocenters. The summed E-state index contributed by atoms with van der Waals surface area (Å²) >= 11 is 0. The molecular formula is C28H29N5O3. The molecule has 1 unspecified atom stereocenters. The molecular weight excluding hydrogens is 454 g/mol. The summed E-state index contributed by atoms with van der Waals surface area (Å²) in [4.78, 5) is 29.4. The number of rotatable bonds is 3. The predicted octanol–water partition coefficient (Wildman–Crippen LogP) is 5.04. The maximum atomic E-state index is 13.5. The number of nitrogens with one attached hydrogen (secondary N) is 1. The second kappa shape index (κ2) is 8.26. The van der Waals surface area contributed by atoms with E-state index in [1.54, 1.807) is 16.7 Å². The number of carbonyl (C=O) groups excluding carboxylic acids is 2. The van der Waals surface area contributed by atoms with Gasteiger partial charge in [-0.1, -0.05) is 18.2 Å². The first-order chi connectivity index (χ1) is 17.3. The van der Waals surface area contributed by atoms with Crippen LogP contribution in [0.1, 0.15) is 39.7 Å². The van der Waals surface area contributed by atoms with E-state index in [4.69, 9.17) is 4.74 Å². The molecule has 8 nitrogen and oxygen atoms in total. The molecule has 8 heteroatoms. The number of fused-ring (bicyclic) bond motifs is 2. The van der Waals surface area contributed by atoms with Crippen LogP contribution in [0.4, 0.5) is 16.2 Å². The molecule has 0 saturated heterocycles. The van der Waals surface area contributed by atoms with Gasteiger partial charge in [-0.3, -0.25) is 14.4 Å². The van der Waals surface area contributed by atoms with Gasteiger partial charge in [0.05, 0.1) is 29.7 Å². The molecule has 6 rings (SSSR count). The Balaban J connectivity index is 1.33. The predicted molar refractivity (Wildman–Crippen MR) is 138 cm³/mol. The molecule has 1 aromatic heterocycles. The number of amides is 2. The van der Waals surface area contributed by atoms with Crippen LogP contribution in [0, 0.1) is 5.41 Å². The first kappa shape index (κ1) is 22.4. The van der Waals surface area contributed by atoms with Crippen molar-refractivity contribution < 1.29 is 14.3 Å². The largest absolute Gasteiger partial charge is 0.419 e. The average Bonchev–Trinajstić information content (AvgIpc) is 3.58. The third-order valence-electron chi connectivity index (χ3n) is 7.29. The fraction of sp³-hybridized carbons (Fsp3) is 0.321. The molecule has 0 spiro atoms. The number of dihydropyridines is 1. The fourth-order valence-electron chi connectivity index (χ4n) is 5.19. The minimum atomic E-state index is -0.470. The van der Waals surface area contributed by atoms with E-state index in [-0.39, 0.29) is 17.4 Å². The van der Waals surface area contributed by atoms with Gasteiger partial charge in [0.1, 0.15) is 5.76 Å². The maximum absolute atomic E-state index is 13.5. The van der Waals surface area contributed by atoms with Gasteiger partial charge in [-0.2, -0.15) is 5.10 Å². The maximum Gasteiger partial charge on any atom is 0.419 e. The van der Waals surface area contributed by atoms with Crippen molar-refractivity contribution in [2.45, 2.75) is 45.7 Å². The van der Waals surface area contributed by atoms with Crippen molar-refractivity contribution in [3.05, 3.63) is 78.6 Å². The van der Waals surface area contributed by atoms with Crippen LogP contribution in [0.15, 0.2) is 78.6 Å². The summed E-state index contributed by atoms with van der Waals surface area (Å²) in [6.45, 7) is 5.90. The van der Waals surface area contributed by atoms with E-state index >= 15 is 0 Å². The van der Waals surface area contributed by atoms with Crippen molar-refractivity contribution in [1.29, 1.82) is 0 Å². The normalized spacial score (nSPS) is 24.4. The number of benzene rings is 1. The zero-order valence-corrected chi connectivity index (χ0v) is 20.6. The number of nitrogens with zero attached hydrogens (tertiary/aromatic N) is 4. The number of allylic oxidation sites excluding steroid dienone is 5. The molecule has 1 saturated carbocycles. The van der Waals surface area contributed by atoms with Crippen molar-refractivity contribution in [3.8, 4) is 11.1 Å². The molecule has 2 aliphatic heterocycles. The third-order valence-corrected chi connectivity index (χ3v) is 7.29. The Kier molecular flexibility index (Phi) is 5.14. The van der Waals surface area contributed by atoms with Gasteiger partial charge < -0.3 is 15.0 Å². The Morgan fingerprint density at radius 1 is 1.17 bits per heavy atom. The highest BCUT2D eigenvalue weighted by molar-refractivity contribution is 6.03. The highest BCUT2D eigenvalue weighted by atomic mass is 16.6. The van der Waals surface area contributed by atoms with Crippen LogP contribution >= 0.6 is 0 Å². The van der Waals surface area contributed by atoms with Gasteiger partial charge in [-0.25, -0.2) is 4.79 Å². The lowest BCUT2D eigenvalue weighted by atomic mass is 9.78. The van der Waals surface area contributed by atoms with Crippen molar-refractivity contribution in [3.63, 3.8) is 0 Å². The molecule has 184 valence electrons. The van der Waals surface area contributed by atoms with Crippen LogP contribution < -0.4 is 15.1 Å². The van der Waals surface area contributed by atoms with Gasteiger partial charge in [0.25, 0.3) is 0 Å². The SMILES string of the molecule is CC(=O)N1c2ccc(-c3cnn(C4CC4)c3)cc2N(C(=O)OC2=CC3(C)C=CNC=C3C=C2)C[C@@H]1C. The minimum absolute atomic E-state index is 0.0612. The standard InChI is InChI=1S/C28H29N5O3/c1-18-16-31(27(35)36-24-8-5-22-15-29-11-10-28(22,3)13-24)26-12-20(4-9-25(26)33(18)19(2)34)21-14-30-32(17-21)23-6-7-23/h4-5,8-15,17-18,23,29H,6-7,16H2,1-3H3/t18-,28?/m0/s1. The van der Waals surface area contributed by atoms with Gasteiger partial charge in [0.2, 0.25) is 5.91 Å². The van der Waals surface area contributed by atoms with Crippen LogP contribution in [0.2, 0.25) is 0 Å². The summed E-state index contributed by atoms with van der Waals surface area (Å²) in [5.41, 5.74) is 4.02. The monoisotopic (exact) mass is 483 g/mol. The first-order valence-electron chi connectivity index (χ1n) is 12.4. The van der Waals surface area contributed by atoms with E-state index in [1.807, 2.05) is 78.9 Å². The van der Waals surface area contributed by atoms with Crippen LogP contribution in [0.3, 0.4) is 0 Å². The lowest BCUT2D eigenvalue weighted by molar-refractivity contribution is -0.117. The van der Waals surface area contributed by atoms with Gasteiger partial charge in [-0.05, 0) is 68.3 Å². The molecule has 2 amide bonds. The molecule has 2 aliphatic carbocycles. The van der Waals surface area contributed by atoms with E-state index in [9.17, 15) is 9.59 Å². The molecule has 1 N–H and O–H groups in total. The van der Waals surface area contributed by atoms with Gasteiger partial charge in [0.15, 0.2) is 0 Å². The highest BCUT2D eigenvalue weighted by Crippen LogP contribution is 2.41. The Hall–Kier alpha value is -4.07. The third kappa shape index (κ3) is 3.82. The molecule has 0 bridgehead atoms. The van der Waals surface area contributed by atoms with Crippen molar-refractivity contribution in [1.82, 2.24) is 15.1 Å². The number of hydrogen-bond acceptors (Lipinski definition) is 5. The molecule has 1 aromatic carbocycles. The number of aromatic nitrogens is 2. The first-order valence-corrected chi connectivity index (χ1v) is 12.4. The van der Waals surface area contributed by atoms with Gasteiger partial charge in [-0.15, -0.1) is 0 Å². The van der Waals surface area contributed by atoms with Crippen LogP contribution in [-0.4, -0.2) is 34.4 Å². The summed E-state index contributed by atoms with van der Waals surface area (Å²) in [6.07, 6.45) is 17.3. The lowest BCUT2D eigenvalue weighted by Crippen LogP contribution is -2.51. The summed E-state index contributed by atoms with van der Waals surface area (Å²) in [7, 11) is 0. The van der Waals surface area contributed by atoms with Gasteiger partial charge in [0, 0.05) is 36.8 Å². The van der Waals surface area contributed by atoms with Gasteiger partial charge >= 0.3 is 6.09 Å². The lowest BCUT2D eigenvalue weighted by Gasteiger charge is -2.40. The Morgan fingerprint density at radius 3 is 2.78 bits per heavy atom. The molecule has 2 aromatic rings. The summed E-state index contributed by atoms with van der Waals surface area (Å²) in [5, 5.41) is 7.61. The topological polar surface area (TPSA) is 79.7 Å². The second-order valence-corrected chi connectivity index (χ2v) is 10.1. The number of carbonyl (C=O) groups is 2. The van der Waals surface area contributed by atoms with E-state index in [0.717, 1.165) is 29.5 Å². The average molecular weight is 484 g/mol. The van der Waals surface area contributed by atoms with Crippen molar-refractivity contribution >= 4 is 23.4 Å². The molecule has 1 fully saturated rings. The summed E-state index contributed by atoms with van der Waals surface area (Å²) in [6, 6.07) is 6.14. The Morgan fingerprint density at radius 2 is 2.00 bits per heavy atom. The number of hydrogen-bond donors (Lipinski definition) is 1.